The SMILES string of the molecule is CCOc1cccc2c1[nH]c(=S)n2CCc1nc(C)no1. The fourth-order valence-electron chi connectivity index (χ4n) is 2.30. The molecular formula is C14H16N4O2S. The second-order valence-electron chi connectivity index (χ2n) is 4.65. The molecule has 2 heterocycles. The second kappa shape index (κ2) is 5.69. The molecule has 0 saturated heterocycles. The highest BCUT2D eigenvalue weighted by Gasteiger charge is 2.10. The Balaban J connectivity index is 1.93. The lowest BCUT2D eigenvalue weighted by molar-refractivity contribution is 0.343. The average Bonchev–Trinajstić information content (AvgIpc) is 3.01. The number of nitrogens with zero attached hydrogens (tertiary/aromatic N) is 3. The van der Waals surface area contributed by atoms with Gasteiger partial charge in [0, 0.05) is 13.0 Å². The van der Waals surface area contributed by atoms with Crippen molar-refractivity contribution >= 4 is 23.3 Å². The Morgan fingerprint density at radius 1 is 1.43 bits per heavy atom. The van der Waals surface area contributed by atoms with Gasteiger partial charge in [-0.2, -0.15) is 4.98 Å². The Kier molecular flexibility index (Phi) is 3.74. The monoisotopic (exact) mass is 304 g/mol. The van der Waals surface area contributed by atoms with Gasteiger partial charge in [-0.15, -0.1) is 0 Å². The summed E-state index contributed by atoms with van der Waals surface area (Å²) in [7, 11) is 0. The van der Waals surface area contributed by atoms with E-state index in [-0.39, 0.29) is 0 Å². The summed E-state index contributed by atoms with van der Waals surface area (Å²) in [6.45, 7) is 5.06. The van der Waals surface area contributed by atoms with Crippen LogP contribution in [0.1, 0.15) is 18.6 Å². The summed E-state index contributed by atoms with van der Waals surface area (Å²) in [6.07, 6.45) is 0.640. The van der Waals surface area contributed by atoms with Crippen LogP contribution in [0.4, 0.5) is 0 Å². The van der Waals surface area contributed by atoms with Gasteiger partial charge < -0.3 is 18.8 Å². The smallest absolute Gasteiger partial charge is 0.228 e. The van der Waals surface area contributed by atoms with E-state index < -0.39 is 0 Å². The zero-order chi connectivity index (χ0) is 14.8. The molecule has 1 N–H and O–H groups in total. The van der Waals surface area contributed by atoms with Gasteiger partial charge in [-0.1, -0.05) is 11.2 Å². The molecule has 3 aromatic rings. The number of ether oxygens (including phenoxy) is 1. The summed E-state index contributed by atoms with van der Waals surface area (Å²) >= 11 is 5.40. The number of aryl methyl sites for hydroxylation is 3. The molecule has 2 aromatic heterocycles. The summed E-state index contributed by atoms with van der Waals surface area (Å²) in [5, 5.41) is 3.79. The number of hydrogen-bond acceptors (Lipinski definition) is 5. The van der Waals surface area contributed by atoms with Crippen LogP contribution in [0.25, 0.3) is 11.0 Å². The summed E-state index contributed by atoms with van der Waals surface area (Å²) in [4.78, 5) is 7.41. The predicted octanol–water partition coefficient (Wildman–Crippen LogP) is 3.03. The zero-order valence-electron chi connectivity index (χ0n) is 11.9. The maximum absolute atomic E-state index is 5.62. The topological polar surface area (TPSA) is 68.9 Å². The van der Waals surface area contributed by atoms with E-state index in [1.54, 1.807) is 6.92 Å². The van der Waals surface area contributed by atoms with Gasteiger partial charge in [-0.25, -0.2) is 0 Å². The largest absolute Gasteiger partial charge is 0.492 e. The van der Waals surface area contributed by atoms with E-state index in [2.05, 4.69) is 15.1 Å². The molecular weight excluding hydrogens is 288 g/mol. The molecule has 0 atom stereocenters. The molecule has 21 heavy (non-hydrogen) atoms. The van der Waals surface area contributed by atoms with E-state index in [1.165, 1.54) is 0 Å². The molecule has 0 unspecified atom stereocenters. The first-order valence-corrected chi connectivity index (χ1v) is 7.23. The van der Waals surface area contributed by atoms with Crippen LogP contribution in [0.3, 0.4) is 0 Å². The number of para-hydroxylation sites is 1. The Bertz CT molecular complexity index is 818. The van der Waals surface area contributed by atoms with Crippen molar-refractivity contribution in [3.8, 4) is 5.75 Å². The lowest BCUT2D eigenvalue weighted by Gasteiger charge is -2.05. The van der Waals surface area contributed by atoms with E-state index in [9.17, 15) is 0 Å². The van der Waals surface area contributed by atoms with Crippen molar-refractivity contribution < 1.29 is 9.26 Å². The lowest BCUT2D eigenvalue weighted by Crippen LogP contribution is -2.01. The average molecular weight is 304 g/mol. The first kappa shape index (κ1) is 13.8. The standard InChI is InChI=1S/C14H16N4O2S/c1-3-19-11-6-4-5-10-13(11)16-14(21)18(10)8-7-12-15-9(2)17-20-12/h4-6H,3,7-8H2,1-2H3,(H,16,21). The number of H-pyrrole nitrogens is 1. The number of aromatic amines is 1. The minimum atomic E-state index is 0.615. The Morgan fingerprint density at radius 3 is 3.00 bits per heavy atom. The molecule has 3 rings (SSSR count). The highest BCUT2D eigenvalue weighted by molar-refractivity contribution is 7.71. The van der Waals surface area contributed by atoms with Crippen molar-refractivity contribution in [3.63, 3.8) is 0 Å². The van der Waals surface area contributed by atoms with Gasteiger partial charge in [0.25, 0.3) is 0 Å². The van der Waals surface area contributed by atoms with E-state index in [1.807, 2.05) is 29.7 Å². The van der Waals surface area contributed by atoms with Crippen molar-refractivity contribution in [2.75, 3.05) is 6.61 Å². The highest BCUT2D eigenvalue weighted by atomic mass is 32.1. The van der Waals surface area contributed by atoms with E-state index in [0.717, 1.165) is 16.8 Å². The zero-order valence-corrected chi connectivity index (χ0v) is 12.7. The van der Waals surface area contributed by atoms with Gasteiger partial charge in [0.2, 0.25) is 5.89 Å². The molecule has 0 aliphatic heterocycles. The number of benzene rings is 1. The van der Waals surface area contributed by atoms with Crippen molar-refractivity contribution in [1.82, 2.24) is 19.7 Å². The van der Waals surface area contributed by atoms with E-state index in [0.29, 0.717) is 36.1 Å². The predicted molar refractivity (Wildman–Crippen MR) is 81.0 cm³/mol. The van der Waals surface area contributed by atoms with Crippen molar-refractivity contribution in [1.29, 1.82) is 0 Å². The third kappa shape index (κ3) is 2.69. The van der Waals surface area contributed by atoms with Gasteiger partial charge >= 0.3 is 0 Å². The van der Waals surface area contributed by atoms with Crippen LogP contribution in [0, 0.1) is 11.7 Å². The second-order valence-corrected chi connectivity index (χ2v) is 5.04. The van der Waals surface area contributed by atoms with Gasteiger partial charge in [0.1, 0.15) is 11.3 Å². The molecule has 6 nitrogen and oxygen atoms in total. The van der Waals surface area contributed by atoms with Gasteiger partial charge in [0.05, 0.1) is 12.1 Å². The normalized spacial score (nSPS) is 11.1. The Labute approximate surface area is 126 Å². The molecule has 0 aliphatic rings. The summed E-state index contributed by atoms with van der Waals surface area (Å²) in [5.41, 5.74) is 1.94. The number of imidazole rings is 1. The lowest BCUT2D eigenvalue weighted by atomic mass is 10.3. The number of hydrogen-bond donors (Lipinski definition) is 1. The minimum absolute atomic E-state index is 0.615. The molecule has 0 fully saturated rings. The Hall–Kier alpha value is -2.15. The molecule has 0 amide bonds. The van der Waals surface area contributed by atoms with Crippen molar-refractivity contribution in [2.45, 2.75) is 26.8 Å². The van der Waals surface area contributed by atoms with E-state index >= 15 is 0 Å². The number of aromatic nitrogens is 4. The molecule has 0 radical (unpaired) electrons. The quantitative estimate of drug-likeness (QED) is 0.734. The summed E-state index contributed by atoms with van der Waals surface area (Å²) in [5.74, 6) is 2.07. The minimum Gasteiger partial charge on any atom is -0.492 e. The van der Waals surface area contributed by atoms with Crippen LogP contribution < -0.4 is 4.74 Å². The molecule has 7 heteroatoms. The third-order valence-corrected chi connectivity index (χ3v) is 3.51. The van der Waals surface area contributed by atoms with Gasteiger partial charge in [-0.05, 0) is 38.2 Å². The first-order valence-electron chi connectivity index (χ1n) is 6.82. The number of nitrogens with one attached hydrogen (secondary N) is 1. The van der Waals surface area contributed by atoms with Gasteiger partial charge in [0.15, 0.2) is 10.6 Å². The van der Waals surface area contributed by atoms with Crippen LogP contribution >= 0.6 is 12.2 Å². The van der Waals surface area contributed by atoms with Crippen molar-refractivity contribution in [2.24, 2.45) is 0 Å². The highest BCUT2D eigenvalue weighted by Crippen LogP contribution is 2.25. The molecule has 110 valence electrons. The molecule has 0 spiro atoms. The maximum atomic E-state index is 5.62. The van der Waals surface area contributed by atoms with Crippen LogP contribution in [-0.4, -0.2) is 26.3 Å². The molecule has 0 saturated carbocycles. The fraction of sp³-hybridized carbons (Fsp3) is 0.357. The maximum Gasteiger partial charge on any atom is 0.228 e. The summed E-state index contributed by atoms with van der Waals surface area (Å²) < 4.78 is 13.4. The van der Waals surface area contributed by atoms with Crippen LogP contribution in [0.2, 0.25) is 0 Å². The number of rotatable bonds is 5. The van der Waals surface area contributed by atoms with Gasteiger partial charge in [-0.3, -0.25) is 0 Å². The summed E-state index contributed by atoms with van der Waals surface area (Å²) in [6, 6.07) is 5.91. The number of fused-ring (bicyclic) bond motifs is 1. The fourth-order valence-corrected chi connectivity index (χ4v) is 2.59. The van der Waals surface area contributed by atoms with Crippen molar-refractivity contribution in [3.05, 3.63) is 34.7 Å². The van der Waals surface area contributed by atoms with E-state index in [4.69, 9.17) is 21.5 Å². The van der Waals surface area contributed by atoms with Crippen LogP contribution in [0.15, 0.2) is 22.7 Å². The van der Waals surface area contributed by atoms with Crippen LogP contribution in [0.5, 0.6) is 5.75 Å². The van der Waals surface area contributed by atoms with Crippen LogP contribution in [-0.2, 0) is 13.0 Å². The third-order valence-electron chi connectivity index (χ3n) is 3.19. The Morgan fingerprint density at radius 2 is 2.29 bits per heavy atom. The first-order chi connectivity index (χ1) is 10.2. The molecule has 0 bridgehead atoms. The molecule has 1 aromatic carbocycles. The molecule has 0 aliphatic carbocycles.